The zero-order chi connectivity index (χ0) is 16.5. The van der Waals surface area contributed by atoms with Crippen LogP contribution in [0.25, 0.3) is 0 Å². The van der Waals surface area contributed by atoms with E-state index in [0.29, 0.717) is 0 Å². The van der Waals surface area contributed by atoms with Crippen molar-refractivity contribution in [3.63, 3.8) is 0 Å². The number of carbonyl (C=O) groups is 1. The van der Waals surface area contributed by atoms with Crippen molar-refractivity contribution in [3.8, 4) is 5.75 Å². The summed E-state index contributed by atoms with van der Waals surface area (Å²) < 4.78 is 12.2. The summed E-state index contributed by atoms with van der Waals surface area (Å²) in [6.45, 7) is 12.7. The molecule has 4 nitrogen and oxygen atoms in total. The van der Waals surface area contributed by atoms with Crippen molar-refractivity contribution in [3.05, 3.63) is 23.8 Å². The van der Waals surface area contributed by atoms with Gasteiger partial charge in [-0.3, -0.25) is 4.79 Å². The van der Waals surface area contributed by atoms with E-state index < -0.39 is 15.1 Å². The summed E-state index contributed by atoms with van der Waals surface area (Å²) in [7, 11) is -1.27. The molecule has 2 atom stereocenters. The van der Waals surface area contributed by atoms with Crippen LogP contribution in [0.15, 0.2) is 18.2 Å². The highest BCUT2D eigenvalue weighted by Crippen LogP contribution is 2.35. The molecule has 0 aliphatic carbocycles. The van der Waals surface area contributed by atoms with Crippen molar-refractivity contribution in [2.75, 3.05) is 5.32 Å². The van der Waals surface area contributed by atoms with Crippen LogP contribution in [0, 0.1) is 12.3 Å². The molecule has 0 fully saturated rings. The van der Waals surface area contributed by atoms with Gasteiger partial charge in [0.2, 0.25) is 6.10 Å². The van der Waals surface area contributed by atoms with Gasteiger partial charge in [0.25, 0.3) is 5.91 Å². The first kappa shape index (κ1) is 17.0. The smallest absolute Gasteiger partial charge is 0.268 e. The summed E-state index contributed by atoms with van der Waals surface area (Å²) in [6, 6.07) is 5.81. The number of anilines is 1. The molecule has 1 heterocycles. The molecule has 2 unspecified atom stereocenters. The second-order valence-corrected chi connectivity index (χ2v) is 9.83. The van der Waals surface area contributed by atoms with Gasteiger partial charge in [0.1, 0.15) is 5.75 Å². The first-order chi connectivity index (χ1) is 10.2. The highest BCUT2D eigenvalue weighted by Gasteiger charge is 2.38. The minimum Gasteiger partial charge on any atom is -0.476 e. The minimum absolute atomic E-state index is 0.0739. The molecular formula is C17H27NO3Si. The molecule has 1 amide bonds. The van der Waals surface area contributed by atoms with E-state index >= 15 is 0 Å². The molecule has 1 aliphatic heterocycles. The Balaban J connectivity index is 2.26. The molecule has 1 N–H and O–H groups in total. The Morgan fingerprint density at radius 1 is 1.36 bits per heavy atom. The van der Waals surface area contributed by atoms with Crippen molar-refractivity contribution in [2.45, 2.75) is 59.4 Å². The summed E-state index contributed by atoms with van der Waals surface area (Å²) in [5, 5.41) is 2.99. The number of benzene rings is 1. The van der Waals surface area contributed by atoms with Crippen molar-refractivity contribution >= 4 is 20.6 Å². The fraction of sp³-hybridized carbons (Fsp3) is 0.588. The van der Waals surface area contributed by atoms with Crippen LogP contribution in [0.1, 0.15) is 32.8 Å². The third-order valence-electron chi connectivity index (χ3n) is 3.59. The highest BCUT2D eigenvalue weighted by atomic mass is 28.3. The molecule has 0 bridgehead atoms. The van der Waals surface area contributed by atoms with Gasteiger partial charge in [-0.1, -0.05) is 32.9 Å². The zero-order valence-electron chi connectivity index (χ0n) is 14.4. The van der Waals surface area contributed by atoms with Crippen molar-refractivity contribution in [2.24, 2.45) is 5.41 Å². The van der Waals surface area contributed by atoms with E-state index in [1.54, 1.807) is 0 Å². The average molecular weight is 321 g/mol. The van der Waals surface area contributed by atoms with Gasteiger partial charge in [0, 0.05) is 0 Å². The number of carbonyl (C=O) groups excluding carboxylic acids is 1. The normalized spacial score (nSPS) is 19.4. The molecule has 0 aromatic heterocycles. The zero-order valence-corrected chi connectivity index (χ0v) is 15.6. The first-order valence-corrected chi connectivity index (χ1v) is 10.7. The number of amides is 1. The molecule has 0 radical (unpaired) electrons. The van der Waals surface area contributed by atoms with Crippen LogP contribution in [0.2, 0.25) is 13.1 Å². The number of para-hydroxylation sites is 1. The Bertz CT molecular complexity index is 551. The van der Waals surface area contributed by atoms with E-state index in [1.807, 2.05) is 25.1 Å². The van der Waals surface area contributed by atoms with Gasteiger partial charge < -0.3 is 14.5 Å². The van der Waals surface area contributed by atoms with Gasteiger partial charge in [-0.25, -0.2) is 0 Å². The number of aryl methyl sites for hydroxylation is 1. The lowest BCUT2D eigenvalue weighted by molar-refractivity contribution is -0.128. The van der Waals surface area contributed by atoms with Gasteiger partial charge in [-0.05, 0) is 43.5 Å². The predicted molar refractivity (Wildman–Crippen MR) is 92.0 cm³/mol. The van der Waals surface area contributed by atoms with E-state index in [2.05, 4.69) is 39.2 Å². The van der Waals surface area contributed by atoms with Crippen LogP contribution in [0.3, 0.4) is 0 Å². The monoisotopic (exact) mass is 321 g/mol. The van der Waals surface area contributed by atoms with Crippen LogP contribution in [-0.4, -0.2) is 27.2 Å². The maximum atomic E-state index is 12.5. The summed E-state index contributed by atoms with van der Waals surface area (Å²) in [5.74, 6) is 0.628. The van der Waals surface area contributed by atoms with Gasteiger partial charge in [0.15, 0.2) is 9.04 Å². The Morgan fingerprint density at radius 3 is 2.64 bits per heavy atom. The molecule has 122 valence electrons. The molecule has 1 aromatic rings. The van der Waals surface area contributed by atoms with E-state index in [-0.39, 0.29) is 17.4 Å². The maximum Gasteiger partial charge on any atom is 0.268 e. The van der Waals surface area contributed by atoms with Crippen molar-refractivity contribution < 1.29 is 14.0 Å². The van der Waals surface area contributed by atoms with Crippen LogP contribution >= 0.6 is 0 Å². The Labute approximate surface area is 134 Å². The van der Waals surface area contributed by atoms with E-state index in [1.165, 1.54) is 0 Å². The molecule has 1 aromatic carbocycles. The topological polar surface area (TPSA) is 47.6 Å². The minimum atomic E-state index is -1.27. The van der Waals surface area contributed by atoms with Crippen LogP contribution < -0.4 is 10.1 Å². The van der Waals surface area contributed by atoms with E-state index in [4.69, 9.17) is 9.16 Å². The number of fused-ring (bicyclic) bond motifs is 1. The molecular weight excluding hydrogens is 294 g/mol. The predicted octanol–water partition coefficient (Wildman–Crippen LogP) is 3.50. The standard InChI is InChI=1S/C17H27NO3Si/c1-11-8-7-9-12-14(11)18-16(19)15(20-12)13(21-22(5)6)10-17(2,3)4/h7-9,13,15,22H,10H2,1-6H3,(H,18,19). The molecule has 22 heavy (non-hydrogen) atoms. The summed E-state index contributed by atoms with van der Waals surface area (Å²) in [5.41, 5.74) is 1.86. The van der Waals surface area contributed by atoms with Crippen LogP contribution in [0.5, 0.6) is 5.75 Å². The Kier molecular flexibility index (Phi) is 4.97. The average Bonchev–Trinajstić information content (AvgIpc) is 2.36. The molecule has 5 heteroatoms. The third-order valence-corrected chi connectivity index (χ3v) is 4.49. The number of ether oxygens (including phenoxy) is 1. The second kappa shape index (κ2) is 6.42. The quantitative estimate of drug-likeness (QED) is 0.864. The molecule has 1 aliphatic rings. The number of hydrogen-bond donors (Lipinski definition) is 1. The maximum absolute atomic E-state index is 12.5. The van der Waals surface area contributed by atoms with E-state index in [9.17, 15) is 4.79 Å². The lowest BCUT2D eigenvalue weighted by Gasteiger charge is -2.36. The molecule has 0 saturated carbocycles. The van der Waals surface area contributed by atoms with Crippen LogP contribution in [0.4, 0.5) is 5.69 Å². The van der Waals surface area contributed by atoms with Gasteiger partial charge >= 0.3 is 0 Å². The first-order valence-electron chi connectivity index (χ1n) is 7.90. The number of rotatable bonds is 4. The molecule has 2 rings (SSSR count). The molecule has 0 saturated heterocycles. The van der Waals surface area contributed by atoms with Gasteiger partial charge in [-0.15, -0.1) is 0 Å². The Hall–Kier alpha value is -1.33. The largest absolute Gasteiger partial charge is 0.476 e. The Morgan fingerprint density at radius 2 is 2.05 bits per heavy atom. The third kappa shape index (κ3) is 4.11. The fourth-order valence-corrected chi connectivity index (χ4v) is 3.65. The highest BCUT2D eigenvalue weighted by molar-refractivity contribution is 6.48. The van der Waals surface area contributed by atoms with Gasteiger partial charge in [0.05, 0.1) is 11.8 Å². The lowest BCUT2D eigenvalue weighted by atomic mass is 9.87. The summed E-state index contributed by atoms with van der Waals surface area (Å²) in [6.07, 6.45) is 0.000912. The number of nitrogens with one attached hydrogen (secondary N) is 1. The SMILES string of the molecule is Cc1cccc2c1NC(=O)C(C(CC(C)(C)C)O[SiH](C)C)O2. The second-order valence-electron chi connectivity index (χ2n) is 7.46. The van der Waals surface area contributed by atoms with Gasteiger partial charge in [-0.2, -0.15) is 0 Å². The van der Waals surface area contributed by atoms with E-state index in [0.717, 1.165) is 23.4 Å². The summed E-state index contributed by atoms with van der Waals surface area (Å²) in [4.78, 5) is 12.5. The molecule has 0 spiro atoms. The fourth-order valence-electron chi connectivity index (χ4n) is 2.71. The van der Waals surface area contributed by atoms with Crippen molar-refractivity contribution in [1.29, 1.82) is 0 Å². The number of hydrogen-bond acceptors (Lipinski definition) is 3. The van der Waals surface area contributed by atoms with Crippen molar-refractivity contribution in [1.82, 2.24) is 0 Å². The van der Waals surface area contributed by atoms with Crippen LogP contribution in [-0.2, 0) is 9.22 Å². The lowest BCUT2D eigenvalue weighted by Crippen LogP contribution is -2.49. The summed E-state index contributed by atoms with van der Waals surface area (Å²) >= 11 is 0.